The SMILES string of the molecule is Cc1ccc(N)cc1NC(=O)CN1CCC2CCCCC21. The zero-order valence-electron chi connectivity index (χ0n) is 12.8. The second-order valence-electron chi connectivity index (χ2n) is 6.49. The van der Waals surface area contributed by atoms with Crippen molar-refractivity contribution in [3.05, 3.63) is 23.8 Å². The fraction of sp³-hybridized carbons (Fsp3) is 0.588. The molecule has 1 heterocycles. The number of amides is 1. The van der Waals surface area contributed by atoms with Crippen LogP contribution in [-0.2, 0) is 4.79 Å². The largest absolute Gasteiger partial charge is 0.399 e. The third-order valence-corrected chi connectivity index (χ3v) is 5.01. The molecule has 2 aliphatic rings. The van der Waals surface area contributed by atoms with E-state index in [0.717, 1.165) is 23.7 Å². The first kappa shape index (κ1) is 14.4. The summed E-state index contributed by atoms with van der Waals surface area (Å²) in [6.45, 7) is 3.57. The number of aryl methyl sites for hydroxylation is 1. The molecule has 2 unspecified atom stereocenters. The molecule has 1 aliphatic carbocycles. The van der Waals surface area contributed by atoms with Crippen molar-refractivity contribution in [1.29, 1.82) is 0 Å². The first-order valence-corrected chi connectivity index (χ1v) is 8.03. The Labute approximate surface area is 126 Å². The Hall–Kier alpha value is -1.55. The zero-order chi connectivity index (χ0) is 14.8. The summed E-state index contributed by atoms with van der Waals surface area (Å²) in [5.74, 6) is 0.899. The lowest BCUT2D eigenvalue weighted by atomic mass is 9.85. The van der Waals surface area contributed by atoms with E-state index in [0.29, 0.717) is 18.3 Å². The van der Waals surface area contributed by atoms with Crippen molar-refractivity contribution in [3.8, 4) is 0 Å². The van der Waals surface area contributed by atoms with Gasteiger partial charge in [0, 0.05) is 17.4 Å². The van der Waals surface area contributed by atoms with Crippen LogP contribution in [0.3, 0.4) is 0 Å². The highest BCUT2D eigenvalue weighted by atomic mass is 16.2. The molecule has 1 saturated heterocycles. The van der Waals surface area contributed by atoms with E-state index in [-0.39, 0.29) is 5.91 Å². The Kier molecular flexibility index (Phi) is 4.15. The van der Waals surface area contributed by atoms with Crippen molar-refractivity contribution < 1.29 is 4.79 Å². The number of anilines is 2. The van der Waals surface area contributed by atoms with Gasteiger partial charge in [-0.05, 0) is 56.3 Å². The van der Waals surface area contributed by atoms with Crippen LogP contribution >= 0.6 is 0 Å². The lowest BCUT2D eigenvalue weighted by molar-refractivity contribution is -0.117. The van der Waals surface area contributed by atoms with Gasteiger partial charge in [-0.1, -0.05) is 18.9 Å². The molecule has 3 rings (SSSR count). The van der Waals surface area contributed by atoms with Crippen molar-refractivity contribution >= 4 is 17.3 Å². The summed E-state index contributed by atoms with van der Waals surface area (Å²) in [6, 6.07) is 6.27. The highest BCUT2D eigenvalue weighted by Crippen LogP contribution is 2.35. The van der Waals surface area contributed by atoms with Gasteiger partial charge in [-0.25, -0.2) is 0 Å². The normalized spacial score (nSPS) is 25.6. The van der Waals surface area contributed by atoms with Crippen molar-refractivity contribution in [2.75, 3.05) is 24.1 Å². The molecule has 1 aromatic carbocycles. The average Bonchev–Trinajstić information content (AvgIpc) is 2.86. The number of hydrogen-bond donors (Lipinski definition) is 2. The first-order chi connectivity index (χ1) is 10.1. The van der Waals surface area contributed by atoms with Crippen molar-refractivity contribution in [2.45, 2.75) is 45.1 Å². The summed E-state index contributed by atoms with van der Waals surface area (Å²) < 4.78 is 0. The van der Waals surface area contributed by atoms with E-state index in [2.05, 4.69) is 10.2 Å². The molecule has 0 aromatic heterocycles. The number of fused-ring (bicyclic) bond motifs is 1. The number of nitrogens with zero attached hydrogens (tertiary/aromatic N) is 1. The van der Waals surface area contributed by atoms with Gasteiger partial charge in [0.2, 0.25) is 5.91 Å². The number of benzene rings is 1. The van der Waals surface area contributed by atoms with Crippen LogP contribution in [0.15, 0.2) is 18.2 Å². The van der Waals surface area contributed by atoms with Crippen LogP contribution < -0.4 is 11.1 Å². The van der Waals surface area contributed by atoms with E-state index in [1.165, 1.54) is 32.1 Å². The molecule has 0 bridgehead atoms. The smallest absolute Gasteiger partial charge is 0.238 e. The quantitative estimate of drug-likeness (QED) is 0.840. The van der Waals surface area contributed by atoms with Gasteiger partial charge >= 0.3 is 0 Å². The summed E-state index contributed by atoms with van der Waals surface area (Å²) in [4.78, 5) is 14.7. The number of carbonyl (C=O) groups excluding carboxylic acids is 1. The van der Waals surface area contributed by atoms with Crippen molar-refractivity contribution in [2.24, 2.45) is 5.92 Å². The predicted molar refractivity (Wildman–Crippen MR) is 86.2 cm³/mol. The number of likely N-dealkylation sites (tertiary alicyclic amines) is 1. The van der Waals surface area contributed by atoms with E-state index in [1.54, 1.807) is 0 Å². The standard InChI is InChI=1S/C17H25N3O/c1-12-6-7-14(18)10-15(12)19-17(21)11-20-9-8-13-4-2-3-5-16(13)20/h6-7,10,13,16H,2-5,8-9,11,18H2,1H3,(H,19,21). The number of hydrogen-bond acceptors (Lipinski definition) is 3. The number of rotatable bonds is 3. The molecule has 2 atom stereocenters. The van der Waals surface area contributed by atoms with E-state index < -0.39 is 0 Å². The number of nitrogens with two attached hydrogens (primary N) is 1. The third-order valence-electron chi connectivity index (χ3n) is 5.01. The molecule has 114 valence electrons. The first-order valence-electron chi connectivity index (χ1n) is 8.03. The number of nitrogen functional groups attached to an aromatic ring is 1. The molecular formula is C17H25N3O. The number of nitrogens with one attached hydrogen (secondary N) is 1. The van der Waals surface area contributed by atoms with Crippen LogP contribution in [0.1, 0.15) is 37.7 Å². The molecule has 1 aliphatic heterocycles. The maximum Gasteiger partial charge on any atom is 0.238 e. The van der Waals surface area contributed by atoms with Gasteiger partial charge in [-0.15, -0.1) is 0 Å². The minimum atomic E-state index is 0.0786. The summed E-state index contributed by atoms with van der Waals surface area (Å²) >= 11 is 0. The Morgan fingerprint density at radius 2 is 2.14 bits per heavy atom. The minimum Gasteiger partial charge on any atom is -0.399 e. The highest BCUT2D eigenvalue weighted by Gasteiger charge is 2.36. The van der Waals surface area contributed by atoms with Crippen LogP contribution in [0.2, 0.25) is 0 Å². The topological polar surface area (TPSA) is 58.4 Å². The minimum absolute atomic E-state index is 0.0786. The summed E-state index contributed by atoms with van der Waals surface area (Å²) in [5, 5.41) is 3.01. The molecule has 21 heavy (non-hydrogen) atoms. The molecule has 0 spiro atoms. The van der Waals surface area contributed by atoms with Gasteiger partial charge in [0.1, 0.15) is 0 Å². The van der Waals surface area contributed by atoms with E-state index >= 15 is 0 Å². The average molecular weight is 287 g/mol. The van der Waals surface area contributed by atoms with Gasteiger partial charge < -0.3 is 11.1 Å². The lowest BCUT2D eigenvalue weighted by Crippen LogP contribution is -2.39. The number of carbonyl (C=O) groups is 1. The van der Waals surface area contributed by atoms with Gasteiger partial charge in [0.25, 0.3) is 0 Å². The molecule has 1 saturated carbocycles. The molecule has 1 aromatic rings. The van der Waals surface area contributed by atoms with E-state index in [4.69, 9.17) is 5.73 Å². The van der Waals surface area contributed by atoms with Crippen LogP contribution in [-0.4, -0.2) is 29.9 Å². The third kappa shape index (κ3) is 3.21. The summed E-state index contributed by atoms with van der Waals surface area (Å²) in [7, 11) is 0. The fourth-order valence-corrected chi connectivity index (χ4v) is 3.85. The molecule has 0 radical (unpaired) electrons. The molecule has 3 N–H and O–H groups in total. The maximum atomic E-state index is 12.3. The maximum absolute atomic E-state index is 12.3. The second kappa shape index (κ2) is 6.06. The van der Waals surface area contributed by atoms with Gasteiger partial charge in [0.15, 0.2) is 0 Å². The van der Waals surface area contributed by atoms with Crippen LogP contribution in [0.25, 0.3) is 0 Å². The fourth-order valence-electron chi connectivity index (χ4n) is 3.85. The van der Waals surface area contributed by atoms with Crippen molar-refractivity contribution in [3.63, 3.8) is 0 Å². The molecule has 4 heteroatoms. The Balaban J connectivity index is 1.60. The van der Waals surface area contributed by atoms with Crippen LogP contribution in [0.4, 0.5) is 11.4 Å². The Morgan fingerprint density at radius 1 is 1.33 bits per heavy atom. The van der Waals surface area contributed by atoms with E-state index in [9.17, 15) is 4.79 Å². The summed E-state index contributed by atoms with van der Waals surface area (Å²) in [5.41, 5.74) is 8.36. The van der Waals surface area contributed by atoms with Crippen LogP contribution in [0.5, 0.6) is 0 Å². The highest BCUT2D eigenvalue weighted by molar-refractivity contribution is 5.93. The zero-order valence-corrected chi connectivity index (χ0v) is 12.8. The molecular weight excluding hydrogens is 262 g/mol. The summed E-state index contributed by atoms with van der Waals surface area (Å²) in [6.07, 6.45) is 6.54. The van der Waals surface area contributed by atoms with Gasteiger partial charge in [-0.3, -0.25) is 9.69 Å². The lowest BCUT2D eigenvalue weighted by Gasteiger charge is -2.31. The van der Waals surface area contributed by atoms with E-state index in [1.807, 2.05) is 25.1 Å². The van der Waals surface area contributed by atoms with Crippen molar-refractivity contribution in [1.82, 2.24) is 4.90 Å². The Bertz CT molecular complexity index is 529. The molecule has 2 fully saturated rings. The predicted octanol–water partition coefficient (Wildman–Crippen LogP) is 2.78. The second-order valence-corrected chi connectivity index (χ2v) is 6.49. The monoisotopic (exact) mass is 287 g/mol. The molecule has 4 nitrogen and oxygen atoms in total. The molecule has 1 amide bonds. The van der Waals surface area contributed by atoms with Gasteiger partial charge in [-0.2, -0.15) is 0 Å². The van der Waals surface area contributed by atoms with Crippen LogP contribution in [0, 0.1) is 12.8 Å². The van der Waals surface area contributed by atoms with Gasteiger partial charge in [0.05, 0.1) is 6.54 Å². The Morgan fingerprint density at radius 3 is 3.00 bits per heavy atom.